The first kappa shape index (κ1) is 14.9. The van der Waals surface area contributed by atoms with Crippen molar-refractivity contribution in [3.8, 4) is 0 Å². The Labute approximate surface area is 109 Å². The molecule has 0 amide bonds. The van der Waals surface area contributed by atoms with Crippen LogP contribution in [0.3, 0.4) is 0 Å². The molecule has 0 atom stereocenters. The van der Waals surface area contributed by atoms with E-state index in [1.807, 2.05) is 31.2 Å². The van der Waals surface area contributed by atoms with Gasteiger partial charge in [-0.1, -0.05) is 24.3 Å². The van der Waals surface area contributed by atoms with E-state index in [0.29, 0.717) is 19.0 Å². The quantitative estimate of drug-likeness (QED) is 0.754. The lowest BCUT2D eigenvalue weighted by atomic mass is 10.0. The summed E-state index contributed by atoms with van der Waals surface area (Å²) < 4.78 is 0. The monoisotopic (exact) mass is 249 g/mol. The normalized spacial score (nSPS) is 11.2. The summed E-state index contributed by atoms with van der Waals surface area (Å²) in [5, 5.41) is 8.88. The van der Waals surface area contributed by atoms with Gasteiger partial charge in [0.15, 0.2) is 5.78 Å². The van der Waals surface area contributed by atoms with Gasteiger partial charge in [-0.15, -0.1) is 0 Å². The van der Waals surface area contributed by atoms with Gasteiger partial charge in [-0.3, -0.25) is 9.69 Å². The number of aliphatic hydroxyl groups is 1. The molecule has 0 aliphatic rings. The van der Waals surface area contributed by atoms with Gasteiger partial charge in [-0.05, 0) is 32.8 Å². The van der Waals surface area contributed by atoms with Crippen molar-refractivity contribution in [3.05, 3.63) is 35.4 Å². The van der Waals surface area contributed by atoms with Gasteiger partial charge in [0.05, 0.1) is 6.54 Å². The fraction of sp³-hybridized carbons (Fsp3) is 0.533. The summed E-state index contributed by atoms with van der Waals surface area (Å²) in [6.07, 6.45) is 0.708. The summed E-state index contributed by atoms with van der Waals surface area (Å²) >= 11 is 0. The molecule has 100 valence electrons. The zero-order valence-electron chi connectivity index (χ0n) is 11.5. The van der Waals surface area contributed by atoms with Crippen LogP contribution in [0.2, 0.25) is 0 Å². The minimum absolute atomic E-state index is 0.153. The van der Waals surface area contributed by atoms with Gasteiger partial charge in [-0.2, -0.15) is 0 Å². The van der Waals surface area contributed by atoms with Crippen LogP contribution in [0.1, 0.15) is 36.2 Å². The molecule has 0 heterocycles. The van der Waals surface area contributed by atoms with Gasteiger partial charge in [0.25, 0.3) is 0 Å². The maximum atomic E-state index is 12.2. The van der Waals surface area contributed by atoms with Crippen molar-refractivity contribution in [1.29, 1.82) is 0 Å². The molecule has 0 fully saturated rings. The van der Waals surface area contributed by atoms with Crippen molar-refractivity contribution >= 4 is 5.78 Å². The standard InChI is InChI=1S/C15H23NO2/c1-12(2)16(9-6-10-17)11-15(18)14-8-5-4-7-13(14)3/h4-5,7-8,12,17H,6,9-11H2,1-3H3. The topological polar surface area (TPSA) is 40.5 Å². The van der Waals surface area contributed by atoms with E-state index < -0.39 is 0 Å². The van der Waals surface area contributed by atoms with E-state index in [-0.39, 0.29) is 12.4 Å². The summed E-state index contributed by atoms with van der Waals surface area (Å²) in [6.45, 7) is 7.45. The van der Waals surface area contributed by atoms with Gasteiger partial charge in [0.1, 0.15) is 0 Å². The van der Waals surface area contributed by atoms with Gasteiger partial charge >= 0.3 is 0 Å². The molecule has 0 aliphatic carbocycles. The Morgan fingerprint density at radius 1 is 1.33 bits per heavy atom. The number of hydrogen-bond donors (Lipinski definition) is 1. The molecule has 1 aromatic rings. The molecule has 0 saturated heterocycles. The summed E-state index contributed by atoms with van der Waals surface area (Å²) in [4.78, 5) is 14.3. The first-order valence-electron chi connectivity index (χ1n) is 6.50. The average molecular weight is 249 g/mol. The molecular formula is C15H23NO2. The van der Waals surface area contributed by atoms with E-state index in [1.165, 1.54) is 0 Å². The highest BCUT2D eigenvalue weighted by molar-refractivity contribution is 5.98. The maximum absolute atomic E-state index is 12.2. The van der Waals surface area contributed by atoms with Crippen molar-refractivity contribution in [2.45, 2.75) is 33.2 Å². The van der Waals surface area contributed by atoms with E-state index in [1.54, 1.807) is 0 Å². The molecule has 0 aromatic heterocycles. The molecule has 1 aromatic carbocycles. The minimum Gasteiger partial charge on any atom is -0.396 e. The van der Waals surface area contributed by atoms with Gasteiger partial charge < -0.3 is 5.11 Å². The zero-order valence-corrected chi connectivity index (χ0v) is 11.5. The highest BCUT2D eigenvalue weighted by atomic mass is 16.3. The van der Waals surface area contributed by atoms with Crippen LogP contribution < -0.4 is 0 Å². The minimum atomic E-state index is 0.153. The molecule has 1 N–H and O–H groups in total. The predicted octanol–water partition coefficient (Wildman–Crippen LogP) is 2.27. The molecule has 0 spiro atoms. The zero-order chi connectivity index (χ0) is 13.5. The van der Waals surface area contributed by atoms with Crippen molar-refractivity contribution in [1.82, 2.24) is 4.90 Å². The van der Waals surface area contributed by atoms with Crippen LogP contribution >= 0.6 is 0 Å². The average Bonchev–Trinajstić information content (AvgIpc) is 2.34. The maximum Gasteiger partial charge on any atom is 0.177 e. The number of ketones is 1. The lowest BCUT2D eigenvalue weighted by molar-refractivity contribution is 0.0896. The van der Waals surface area contributed by atoms with Crippen LogP contribution in [0.4, 0.5) is 0 Å². The van der Waals surface area contributed by atoms with Gasteiger partial charge in [0.2, 0.25) is 0 Å². The molecule has 0 unspecified atom stereocenters. The Morgan fingerprint density at radius 3 is 2.56 bits per heavy atom. The second-order valence-electron chi connectivity index (χ2n) is 4.88. The first-order valence-corrected chi connectivity index (χ1v) is 6.50. The summed E-state index contributed by atoms with van der Waals surface area (Å²) in [7, 11) is 0. The van der Waals surface area contributed by atoms with Gasteiger partial charge in [-0.25, -0.2) is 0 Å². The van der Waals surface area contributed by atoms with Gasteiger partial charge in [0, 0.05) is 24.8 Å². The van der Waals surface area contributed by atoms with Crippen molar-refractivity contribution in [3.63, 3.8) is 0 Å². The van der Waals surface area contributed by atoms with E-state index in [9.17, 15) is 4.79 Å². The number of rotatable bonds is 7. The van der Waals surface area contributed by atoms with Crippen molar-refractivity contribution in [2.75, 3.05) is 19.7 Å². The lowest BCUT2D eigenvalue weighted by Crippen LogP contribution is -2.37. The Morgan fingerprint density at radius 2 is 2.00 bits per heavy atom. The molecule has 0 bridgehead atoms. The SMILES string of the molecule is Cc1ccccc1C(=O)CN(CCCO)C(C)C. The number of Topliss-reactive ketones (excluding diaryl/α,β-unsaturated/α-hetero) is 1. The number of nitrogens with zero attached hydrogens (tertiary/aromatic N) is 1. The summed E-state index contributed by atoms with van der Waals surface area (Å²) in [5.41, 5.74) is 1.82. The third kappa shape index (κ3) is 4.24. The van der Waals surface area contributed by atoms with Crippen LogP contribution in [0.25, 0.3) is 0 Å². The van der Waals surface area contributed by atoms with Crippen LogP contribution in [0.5, 0.6) is 0 Å². The third-order valence-electron chi connectivity index (χ3n) is 3.13. The van der Waals surface area contributed by atoms with E-state index in [0.717, 1.165) is 17.7 Å². The molecule has 3 heteroatoms. The van der Waals surface area contributed by atoms with E-state index in [4.69, 9.17) is 5.11 Å². The number of aryl methyl sites for hydroxylation is 1. The molecule has 0 saturated carbocycles. The molecule has 3 nitrogen and oxygen atoms in total. The second-order valence-corrected chi connectivity index (χ2v) is 4.88. The van der Waals surface area contributed by atoms with E-state index in [2.05, 4.69) is 18.7 Å². The summed E-state index contributed by atoms with van der Waals surface area (Å²) in [5.74, 6) is 0.153. The lowest BCUT2D eigenvalue weighted by Gasteiger charge is -2.25. The van der Waals surface area contributed by atoms with Crippen molar-refractivity contribution in [2.24, 2.45) is 0 Å². The first-order chi connectivity index (χ1) is 8.56. The molecule has 0 aliphatic heterocycles. The molecule has 18 heavy (non-hydrogen) atoms. The van der Waals surface area contributed by atoms with Crippen LogP contribution in [0, 0.1) is 6.92 Å². The Hall–Kier alpha value is -1.19. The highest BCUT2D eigenvalue weighted by Gasteiger charge is 2.15. The third-order valence-corrected chi connectivity index (χ3v) is 3.13. The van der Waals surface area contributed by atoms with Crippen LogP contribution in [-0.4, -0.2) is 41.5 Å². The summed E-state index contributed by atoms with van der Waals surface area (Å²) in [6, 6.07) is 7.98. The Bertz CT molecular complexity index is 388. The van der Waals surface area contributed by atoms with Crippen molar-refractivity contribution < 1.29 is 9.90 Å². The number of carbonyl (C=O) groups is 1. The predicted molar refractivity (Wildman–Crippen MR) is 73.9 cm³/mol. The number of benzene rings is 1. The fourth-order valence-electron chi connectivity index (χ4n) is 1.95. The number of carbonyl (C=O) groups excluding carboxylic acids is 1. The molecule has 0 radical (unpaired) electrons. The molecular weight excluding hydrogens is 226 g/mol. The largest absolute Gasteiger partial charge is 0.396 e. The Kier molecular flexibility index (Phi) is 6.02. The van der Waals surface area contributed by atoms with Crippen LogP contribution in [-0.2, 0) is 0 Å². The van der Waals surface area contributed by atoms with Crippen LogP contribution in [0.15, 0.2) is 24.3 Å². The number of aliphatic hydroxyl groups excluding tert-OH is 1. The number of hydrogen-bond acceptors (Lipinski definition) is 3. The van der Waals surface area contributed by atoms with E-state index >= 15 is 0 Å². The highest BCUT2D eigenvalue weighted by Crippen LogP contribution is 2.10. The smallest absolute Gasteiger partial charge is 0.177 e. The second kappa shape index (κ2) is 7.29. The molecule has 1 rings (SSSR count). The fourth-order valence-corrected chi connectivity index (χ4v) is 1.95. The Balaban J connectivity index is 2.69.